The molecule has 2 fully saturated rings. The first-order chi connectivity index (χ1) is 14.8. The van der Waals surface area contributed by atoms with Crippen LogP contribution in [0.25, 0.3) is 0 Å². The van der Waals surface area contributed by atoms with Crippen LogP contribution >= 0.6 is 11.3 Å². The molecule has 3 N–H and O–H groups in total. The van der Waals surface area contributed by atoms with Gasteiger partial charge in [-0.2, -0.15) is 0 Å². The maximum Gasteiger partial charge on any atom is 0.375 e. The molecule has 2 aliphatic rings. The van der Waals surface area contributed by atoms with Gasteiger partial charge in [0.1, 0.15) is 25.5 Å². The predicted molar refractivity (Wildman–Crippen MR) is 101 cm³/mol. The summed E-state index contributed by atoms with van der Waals surface area (Å²) in [7, 11) is 2.65. The van der Waals surface area contributed by atoms with Gasteiger partial charge in [0.25, 0.3) is 5.91 Å². The van der Waals surface area contributed by atoms with E-state index in [0.29, 0.717) is 5.23 Å². The van der Waals surface area contributed by atoms with Gasteiger partial charge < -0.3 is 30.2 Å². The summed E-state index contributed by atoms with van der Waals surface area (Å²) in [4.78, 5) is 67.3. The third kappa shape index (κ3) is 5.07. The lowest BCUT2D eigenvalue weighted by Gasteiger charge is -2.15. The number of nitrogen functional groups attached to an aromatic ring is 1. The van der Waals surface area contributed by atoms with Crippen molar-refractivity contribution in [3.63, 3.8) is 0 Å². The van der Waals surface area contributed by atoms with E-state index in [2.05, 4.69) is 20.3 Å². The van der Waals surface area contributed by atoms with Crippen molar-refractivity contribution in [3.8, 4) is 0 Å². The molecule has 1 aromatic rings. The largest absolute Gasteiger partial charge is 0.450 e. The Hall–Kier alpha value is -3.30. The average Bonchev–Trinajstić information content (AvgIpc) is 3.42. The van der Waals surface area contributed by atoms with Gasteiger partial charge in [-0.1, -0.05) is 5.16 Å². The van der Waals surface area contributed by atoms with E-state index in [1.54, 1.807) is 0 Å². The number of aromatic nitrogens is 1. The molecule has 2 saturated heterocycles. The molecule has 0 bridgehead atoms. The van der Waals surface area contributed by atoms with Crippen molar-refractivity contribution in [2.75, 3.05) is 33.2 Å². The molecule has 3 rings (SSSR count). The lowest BCUT2D eigenvalue weighted by molar-refractivity contribution is -0.306. The molecule has 2 aliphatic heterocycles. The third-order valence-electron chi connectivity index (χ3n) is 4.20. The summed E-state index contributed by atoms with van der Waals surface area (Å²) in [5.74, 6) is -3.84. The maximum atomic E-state index is 12.5. The number of hydroxylamine groups is 2. The van der Waals surface area contributed by atoms with Gasteiger partial charge in [0.05, 0.1) is 12.5 Å². The van der Waals surface area contributed by atoms with Crippen LogP contribution in [-0.4, -0.2) is 79.3 Å². The zero-order valence-corrected chi connectivity index (χ0v) is 17.2. The van der Waals surface area contributed by atoms with Crippen LogP contribution in [0.4, 0.5) is 5.13 Å². The highest BCUT2D eigenvalue weighted by atomic mass is 32.1. The van der Waals surface area contributed by atoms with Gasteiger partial charge in [-0.25, -0.2) is 14.6 Å². The predicted octanol–water partition coefficient (Wildman–Crippen LogP) is -1.63. The van der Waals surface area contributed by atoms with Crippen molar-refractivity contribution in [1.82, 2.24) is 15.5 Å². The maximum absolute atomic E-state index is 12.5. The Balaban J connectivity index is 1.57. The SMILES string of the molecule is COCC1CC(C(=O)ON2OC[C@H](NC(=O)C(=NOC)c3csc(N)n3)C2=O)OC1=O. The summed E-state index contributed by atoms with van der Waals surface area (Å²) in [5, 5.41) is 8.04. The Morgan fingerprint density at radius 2 is 2.19 bits per heavy atom. The number of methoxy groups -OCH3 is 1. The third-order valence-corrected chi connectivity index (χ3v) is 4.87. The Labute approximate surface area is 179 Å². The van der Waals surface area contributed by atoms with E-state index in [4.69, 9.17) is 24.9 Å². The van der Waals surface area contributed by atoms with Gasteiger partial charge in [0, 0.05) is 18.9 Å². The number of anilines is 1. The van der Waals surface area contributed by atoms with Gasteiger partial charge in [-0.05, 0) is 5.23 Å². The number of amides is 2. The molecule has 1 aromatic heterocycles. The molecule has 3 atom stereocenters. The van der Waals surface area contributed by atoms with Crippen molar-refractivity contribution in [2.45, 2.75) is 18.6 Å². The number of nitrogens with two attached hydrogens (primary N) is 1. The number of cyclic esters (lactones) is 1. The number of thiazole rings is 1. The number of nitrogens with zero attached hydrogens (tertiary/aromatic N) is 3. The standard InChI is InChI=1S/C16H19N5O9S/c1-26-4-7-3-10(29-14(7)24)15(25)30-21-13(23)8(5-28-21)18-12(22)11(20-27-2)9-6-31-16(17)19-9/h6-8,10H,3-5H2,1-2H3,(H2,17,19)(H,18,22)/t7?,8-,10?/m0/s1. The summed E-state index contributed by atoms with van der Waals surface area (Å²) < 4.78 is 9.82. The zero-order chi connectivity index (χ0) is 22.5. The second-order valence-corrected chi connectivity index (χ2v) is 7.22. The van der Waals surface area contributed by atoms with Gasteiger partial charge in [-0.3, -0.25) is 14.4 Å². The number of hydrogen-bond acceptors (Lipinski definition) is 13. The summed E-state index contributed by atoms with van der Waals surface area (Å²) in [6.45, 7) is -0.222. The van der Waals surface area contributed by atoms with E-state index in [9.17, 15) is 19.2 Å². The summed E-state index contributed by atoms with van der Waals surface area (Å²) in [5.41, 5.74) is 5.51. The number of ether oxygens (including phenoxy) is 2. The molecule has 14 nitrogen and oxygen atoms in total. The molecule has 0 aromatic carbocycles. The molecule has 168 valence electrons. The summed E-state index contributed by atoms with van der Waals surface area (Å²) in [6.07, 6.45) is -1.16. The molecular weight excluding hydrogens is 438 g/mol. The van der Waals surface area contributed by atoms with E-state index >= 15 is 0 Å². The molecule has 3 heterocycles. The van der Waals surface area contributed by atoms with Crippen LogP contribution in [0, 0.1) is 5.92 Å². The smallest absolute Gasteiger partial charge is 0.375 e. The lowest BCUT2D eigenvalue weighted by atomic mass is 10.1. The van der Waals surface area contributed by atoms with E-state index in [1.807, 2.05) is 0 Å². The fourth-order valence-corrected chi connectivity index (χ4v) is 3.31. The second-order valence-electron chi connectivity index (χ2n) is 6.33. The van der Waals surface area contributed by atoms with Gasteiger partial charge in [0.2, 0.25) is 6.10 Å². The van der Waals surface area contributed by atoms with Crippen molar-refractivity contribution < 1.29 is 43.2 Å². The van der Waals surface area contributed by atoms with E-state index in [1.165, 1.54) is 19.6 Å². The Morgan fingerprint density at radius 3 is 2.84 bits per heavy atom. The van der Waals surface area contributed by atoms with Gasteiger partial charge >= 0.3 is 17.8 Å². The van der Waals surface area contributed by atoms with Crippen molar-refractivity contribution >= 4 is 45.9 Å². The molecule has 31 heavy (non-hydrogen) atoms. The first-order valence-electron chi connectivity index (χ1n) is 8.85. The molecular formula is C16H19N5O9S. The second kappa shape index (κ2) is 9.67. The van der Waals surface area contributed by atoms with E-state index in [-0.39, 0.29) is 36.2 Å². The normalized spacial score (nSPS) is 23.6. The average molecular weight is 457 g/mol. The quantitative estimate of drug-likeness (QED) is 0.260. The number of nitrogens with one attached hydrogen (secondary N) is 1. The number of oxime groups is 1. The monoisotopic (exact) mass is 457 g/mol. The molecule has 0 saturated carbocycles. The highest BCUT2D eigenvalue weighted by Crippen LogP contribution is 2.23. The van der Waals surface area contributed by atoms with Crippen LogP contribution in [0.2, 0.25) is 0 Å². The van der Waals surface area contributed by atoms with Crippen molar-refractivity contribution in [2.24, 2.45) is 11.1 Å². The van der Waals surface area contributed by atoms with Gasteiger partial charge in [0.15, 0.2) is 10.8 Å². The first-order valence-corrected chi connectivity index (χ1v) is 9.73. The molecule has 2 amide bonds. The van der Waals surface area contributed by atoms with Crippen LogP contribution < -0.4 is 11.1 Å². The lowest BCUT2D eigenvalue weighted by Crippen LogP contribution is -2.46. The van der Waals surface area contributed by atoms with Crippen LogP contribution in [0.5, 0.6) is 0 Å². The number of hydrogen-bond donors (Lipinski definition) is 2. The van der Waals surface area contributed by atoms with Crippen molar-refractivity contribution in [3.05, 3.63) is 11.1 Å². The molecule has 2 unspecified atom stereocenters. The number of esters is 1. The van der Waals surface area contributed by atoms with E-state index in [0.717, 1.165) is 11.3 Å². The topological polar surface area (TPSA) is 181 Å². The van der Waals surface area contributed by atoms with Crippen LogP contribution in [0.15, 0.2) is 10.5 Å². The Bertz CT molecular complexity index is 904. The minimum atomic E-state index is -1.20. The fraction of sp³-hybridized carbons (Fsp3) is 0.500. The summed E-state index contributed by atoms with van der Waals surface area (Å²) in [6, 6.07) is -1.18. The summed E-state index contributed by atoms with van der Waals surface area (Å²) >= 11 is 1.09. The minimum Gasteiger partial charge on any atom is -0.450 e. The molecule has 0 radical (unpaired) electrons. The van der Waals surface area contributed by atoms with Crippen LogP contribution in [0.1, 0.15) is 12.1 Å². The number of rotatable bonds is 8. The van der Waals surface area contributed by atoms with Crippen molar-refractivity contribution in [1.29, 1.82) is 0 Å². The van der Waals surface area contributed by atoms with E-state index < -0.39 is 41.8 Å². The number of carbonyl (C=O) groups is 4. The minimum absolute atomic E-state index is 0.0430. The molecule has 0 spiro atoms. The Morgan fingerprint density at radius 1 is 1.42 bits per heavy atom. The van der Waals surface area contributed by atoms with Gasteiger partial charge in [-0.15, -0.1) is 11.3 Å². The fourth-order valence-electron chi connectivity index (χ4n) is 2.76. The highest BCUT2D eigenvalue weighted by Gasteiger charge is 2.44. The molecule has 15 heteroatoms. The highest BCUT2D eigenvalue weighted by molar-refractivity contribution is 7.13. The first kappa shape index (κ1) is 22.4. The Kier molecular flexibility index (Phi) is 6.98. The van der Waals surface area contributed by atoms with Crippen LogP contribution in [-0.2, 0) is 43.2 Å². The van der Waals surface area contributed by atoms with Crippen LogP contribution in [0.3, 0.4) is 0 Å². The number of carbonyl (C=O) groups excluding carboxylic acids is 4. The zero-order valence-electron chi connectivity index (χ0n) is 16.4. The molecule has 0 aliphatic carbocycles.